The number of benzene rings is 1. The number of aromatic nitrogens is 2. The van der Waals surface area contributed by atoms with Gasteiger partial charge in [-0.1, -0.05) is 16.8 Å². The van der Waals surface area contributed by atoms with Crippen LogP contribution >= 0.6 is 11.6 Å². The molecule has 1 fully saturated rings. The number of aliphatic hydroxyl groups is 1. The third-order valence-corrected chi connectivity index (χ3v) is 5.10. The summed E-state index contributed by atoms with van der Waals surface area (Å²) in [6.45, 7) is 2.44. The minimum atomic E-state index is -0.514. The number of rotatable bonds is 6. The molecule has 0 radical (unpaired) electrons. The number of aryl methyl sites for hydroxylation is 1. The smallest absolute Gasteiger partial charge is 0.226 e. The number of aliphatic hydroxyl groups excluding tert-OH is 1. The van der Waals surface area contributed by atoms with Crippen molar-refractivity contribution >= 4 is 28.4 Å². The van der Waals surface area contributed by atoms with Crippen molar-refractivity contribution < 1.29 is 19.2 Å². The lowest BCUT2D eigenvalue weighted by atomic mass is 9.81. The number of carbonyl (C=O) groups is 1. The highest BCUT2D eigenvalue weighted by molar-refractivity contribution is 6.32. The molecule has 1 saturated carbocycles. The molecule has 0 spiro atoms. The van der Waals surface area contributed by atoms with Gasteiger partial charge in [0.25, 0.3) is 0 Å². The van der Waals surface area contributed by atoms with E-state index in [9.17, 15) is 9.90 Å². The van der Waals surface area contributed by atoms with E-state index in [1.165, 1.54) is 0 Å². The van der Waals surface area contributed by atoms with E-state index in [-0.39, 0.29) is 18.4 Å². The molecule has 0 saturated heterocycles. The van der Waals surface area contributed by atoms with E-state index in [2.05, 4.69) is 15.5 Å². The van der Waals surface area contributed by atoms with Crippen LogP contribution in [0.4, 0.5) is 0 Å². The zero-order valence-corrected chi connectivity index (χ0v) is 15.5. The summed E-state index contributed by atoms with van der Waals surface area (Å²) in [6, 6.07) is 7.38. The van der Waals surface area contributed by atoms with Gasteiger partial charge in [0.05, 0.1) is 29.3 Å². The van der Waals surface area contributed by atoms with Crippen molar-refractivity contribution in [3.05, 3.63) is 46.4 Å². The van der Waals surface area contributed by atoms with Crippen LogP contribution in [0.1, 0.15) is 30.0 Å². The first kappa shape index (κ1) is 17.9. The maximum Gasteiger partial charge on any atom is 0.226 e. The SMILES string of the molecule is Cc1cc(COc2cc3[nH]c(CNC(=O)C4CC[C@@H]4O)cc3cc2Cl)on1. The molecule has 142 valence electrons. The van der Waals surface area contributed by atoms with Gasteiger partial charge in [-0.3, -0.25) is 4.79 Å². The van der Waals surface area contributed by atoms with Crippen LogP contribution in [0.5, 0.6) is 5.75 Å². The number of nitrogens with one attached hydrogen (secondary N) is 2. The standard InChI is InChI=1S/C19H20ClN3O4/c1-10-4-13(27-23-10)9-26-18-7-16-11(6-15(18)20)5-12(22-16)8-21-19(25)14-2-3-17(14)24/h4-7,14,17,22,24H,2-3,8-9H2,1H3,(H,21,25)/t14?,17-/m0/s1. The van der Waals surface area contributed by atoms with Crippen molar-refractivity contribution in [3.8, 4) is 5.75 Å². The Labute approximate surface area is 160 Å². The number of aromatic amines is 1. The minimum absolute atomic E-state index is 0.114. The summed E-state index contributed by atoms with van der Waals surface area (Å²) in [7, 11) is 0. The van der Waals surface area contributed by atoms with Crippen LogP contribution in [-0.4, -0.2) is 27.3 Å². The van der Waals surface area contributed by atoms with Gasteiger partial charge in [-0.15, -0.1) is 0 Å². The van der Waals surface area contributed by atoms with Crippen molar-refractivity contribution in [3.63, 3.8) is 0 Å². The zero-order valence-electron chi connectivity index (χ0n) is 14.8. The number of ether oxygens (including phenoxy) is 1. The first-order chi connectivity index (χ1) is 13.0. The molecule has 1 aromatic carbocycles. The lowest BCUT2D eigenvalue weighted by molar-refractivity contribution is -0.134. The van der Waals surface area contributed by atoms with Crippen LogP contribution in [0, 0.1) is 12.8 Å². The van der Waals surface area contributed by atoms with Gasteiger partial charge >= 0.3 is 0 Å². The van der Waals surface area contributed by atoms with E-state index in [4.69, 9.17) is 20.9 Å². The number of amides is 1. The molecule has 3 aromatic rings. The van der Waals surface area contributed by atoms with Crippen molar-refractivity contribution in [1.82, 2.24) is 15.5 Å². The Kier molecular flexibility index (Phi) is 4.80. The Morgan fingerprint density at radius 3 is 2.93 bits per heavy atom. The first-order valence-electron chi connectivity index (χ1n) is 8.81. The maximum atomic E-state index is 12.0. The summed E-state index contributed by atoms with van der Waals surface area (Å²) in [5.41, 5.74) is 2.50. The molecule has 1 aliphatic rings. The predicted octanol–water partition coefficient (Wildman–Crippen LogP) is 3.08. The first-order valence-corrected chi connectivity index (χ1v) is 9.19. The summed E-state index contributed by atoms with van der Waals surface area (Å²) in [4.78, 5) is 15.3. The van der Waals surface area contributed by atoms with E-state index in [0.29, 0.717) is 29.5 Å². The molecule has 2 aromatic heterocycles. The van der Waals surface area contributed by atoms with Gasteiger partial charge in [0.2, 0.25) is 5.91 Å². The van der Waals surface area contributed by atoms with Crippen LogP contribution in [0.25, 0.3) is 10.9 Å². The second-order valence-electron chi connectivity index (χ2n) is 6.86. The molecule has 2 atom stereocenters. The van der Waals surface area contributed by atoms with Gasteiger partial charge in [0.15, 0.2) is 5.76 Å². The topological polar surface area (TPSA) is 100 Å². The molecule has 2 heterocycles. The van der Waals surface area contributed by atoms with Crippen LogP contribution < -0.4 is 10.1 Å². The highest BCUT2D eigenvalue weighted by Gasteiger charge is 2.34. The molecular weight excluding hydrogens is 370 g/mol. The van der Waals surface area contributed by atoms with Crippen molar-refractivity contribution in [2.45, 2.75) is 39.0 Å². The van der Waals surface area contributed by atoms with Gasteiger partial charge < -0.3 is 24.7 Å². The summed E-state index contributed by atoms with van der Waals surface area (Å²) in [5.74, 6) is 0.755. The number of halogens is 1. The van der Waals surface area contributed by atoms with E-state index in [0.717, 1.165) is 28.7 Å². The van der Waals surface area contributed by atoms with Crippen LogP contribution in [0.15, 0.2) is 28.8 Å². The Morgan fingerprint density at radius 1 is 1.41 bits per heavy atom. The number of carbonyl (C=O) groups excluding carboxylic acids is 1. The van der Waals surface area contributed by atoms with Crippen LogP contribution in [-0.2, 0) is 17.9 Å². The van der Waals surface area contributed by atoms with Crippen molar-refractivity contribution in [2.24, 2.45) is 5.92 Å². The summed E-state index contributed by atoms with van der Waals surface area (Å²) in [5, 5.41) is 17.7. The molecule has 1 unspecified atom stereocenters. The second kappa shape index (κ2) is 7.25. The molecule has 0 aliphatic heterocycles. The maximum absolute atomic E-state index is 12.0. The minimum Gasteiger partial charge on any atom is -0.484 e. The third-order valence-electron chi connectivity index (χ3n) is 4.80. The van der Waals surface area contributed by atoms with Gasteiger partial charge in [-0.2, -0.15) is 0 Å². The highest BCUT2D eigenvalue weighted by atomic mass is 35.5. The average molecular weight is 390 g/mol. The summed E-state index contributed by atoms with van der Waals surface area (Å²) in [6.07, 6.45) is 0.916. The van der Waals surface area contributed by atoms with Gasteiger partial charge in [-0.25, -0.2) is 0 Å². The van der Waals surface area contributed by atoms with Crippen molar-refractivity contribution in [2.75, 3.05) is 0 Å². The van der Waals surface area contributed by atoms with E-state index in [1.54, 1.807) is 6.07 Å². The molecule has 27 heavy (non-hydrogen) atoms. The molecular formula is C19H20ClN3O4. The molecule has 0 bridgehead atoms. The van der Waals surface area contributed by atoms with Crippen LogP contribution in [0.2, 0.25) is 5.02 Å². The van der Waals surface area contributed by atoms with Crippen LogP contribution in [0.3, 0.4) is 0 Å². The zero-order chi connectivity index (χ0) is 19.0. The molecule has 8 heteroatoms. The highest BCUT2D eigenvalue weighted by Crippen LogP contribution is 2.31. The average Bonchev–Trinajstić information content (AvgIpc) is 3.21. The van der Waals surface area contributed by atoms with E-state index < -0.39 is 6.10 Å². The van der Waals surface area contributed by atoms with E-state index in [1.807, 2.05) is 25.1 Å². The fraction of sp³-hybridized carbons (Fsp3) is 0.368. The molecule has 4 rings (SSSR count). The molecule has 7 nitrogen and oxygen atoms in total. The molecule has 1 aliphatic carbocycles. The fourth-order valence-corrected chi connectivity index (χ4v) is 3.36. The Hall–Kier alpha value is -2.51. The second-order valence-corrected chi connectivity index (χ2v) is 7.26. The third kappa shape index (κ3) is 3.79. The van der Waals surface area contributed by atoms with Gasteiger partial charge in [-0.05, 0) is 31.9 Å². The monoisotopic (exact) mass is 389 g/mol. The Morgan fingerprint density at radius 2 is 2.26 bits per heavy atom. The number of hydrogen-bond donors (Lipinski definition) is 3. The number of nitrogens with zero attached hydrogens (tertiary/aromatic N) is 1. The Bertz CT molecular complexity index is 981. The number of hydrogen-bond acceptors (Lipinski definition) is 5. The quantitative estimate of drug-likeness (QED) is 0.601. The fourth-order valence-electron chi connectivity index (χ4n) is 3.13. The summed E-state index contributed by atoms with van der Waals surface area (Å²) >= 11 is 6.31. The van der Waals surface area contributed by atoms with Gasteiger partial charge in [0, 0.05) is 28.7 Å². The molecule has 3 N–H and O–H groups in total. The Balaban J connectivity index is 1.43. The van der Waals surface area contributed by atoms with E-state index >= 15 is 0 Å². The van der Waals surface area contributed by atoms with Gasteiger partial charge in [0.1, 0.15) is 12.4 Å². The normalized spacial score (nSPS) is 19.1. The number of fused-ring (bicyclic) bond motifs is 1. The largest absolute Gasteiger partial charge is 0.484 e. The lowest BCUT2D eigenvalue weighted by Crippen LogP contribution is -2.43. The predicted molar refractivity (Wildman–Crippen MR) is 99.5 cm³/mol. The summed E-state index contributed by atoms with van der Waals surface area (Å²) < 4.78 is 10.9. The number of H-pyrrole nitrogens is 1. The van der Waals surface area contributed by atoms with Crippen molar-refractivity contribution in [1.29, 1.82) is 0 Å². The lowest BCUT2D eigenvalue weighted by Gasteiger charge is -2.30. The molecule has 1 amide bonds.